The third-order valence-electron chi connectivity index (χ3n) is 4.51. The first-order valence-electron chi connectivity index (χ1n) is 9.62. The fraction of sp³-hybridized carbons (Fsp3) is 0.350. The summed E-state index contributed by atoms with van der Waals surface area (Å²) in [5, 5.41) is 19.8. The highest BCUT2D eigenvalue weighted by Gasteiger charge is 2.20. The van der Waals surface area contributed by atoms with E-state index in [1.54, 1.807) is 17.5 Å². The molecule has 4 aromatic heterocycles. The van der Waals surface area contributed by atoms with Crippen LogP contribution < -0.4 is 5.32 Å². The minimum Gasteiger partial charge on any atom is -0.296 e. The number of nitrogens with one attached hydrogen (secondary N) is 1. The van der Waals surface area contributed by atoms with Crippen LogP contribution in [0.25, 0.3) is 21.6 Å². The molecule has 29 heavy (non-hydrogen) atoms. The van der Waals surface area contributed by atoms with E-state index in [9.17, 15) is 4.79 Å². The minimum absolute atomic E-state index is 0.138. The van der Waals surface area contributed by atoms with Crippen molar-refractivity contribution in [2.45, 2.75) is 46.1 Å². The lowest BCUT2D eigenvalue weighted by Crippen LogP contribution is -2.13. The SMILES string of the molecule is CCCCc1nnc(NC(=O)c2cc(-c3cccs3)nc3c2cnn3C(C)C)s1. The number of pyridine rings is 1. The highest BCUT2D eigenvalue weighted by Crippen LogP contribution is 2.29. The first-order valence-corrected chi connectivity index (χ1v) is 11.3. The number of anilines is 1. The average molecular weight is 427 g/mol. The van der Waals surface area contributed by atoms with Gasteiger partial charge in [-0.25, -0.2) is 9.67 Å². The molecule has 1 amide bonds. The number of carbonyl (C=O) groups excluding carboxylic acids is 1. The maximum absolute atomic E-state index is 13.1. The summed E-state index contributed by atoms with van der Waals surface area (Å²) in [5.74, 6) is -0.225. The summed E-state index contributed by atoms with van der Waals surface area (Å²) in [5.41, 5.74) is 2.01. The molecule has 150 valence electrons. The van der Waals surface area contributed by atoms with E-state index in [1.165, 1.54) is 11.3 Å². The van der Waals surface area contributed by atoms with E-state index in [1.807, 2.05) is 42.1 Å². The van der Waals surface area contributed by atoms with Crippen LogP contribution in [-0.2, 0) is 6.42 Å². The van der Waals surface area contributed by atoms with Gasteiger partial charge in [0.05, 0.1) is 27.7 Å². The number of aromatic nitrogens is 5. The molecule has 0 bridgehead atoms. The lowest BCUT2D eigenvalue weighted by molar-refractivity contribution is 0.102. The van der Waals surface area contributed by atoms with E-state index in [4.69, 9.17) is 4.98 Å². The van der Waals surface area contributed by atoms with Gasteiger partial charge in [0, 0.05) is 12.5 Å². The van der Waals surface area contributed by atoms with Gasteiger partial charge in [-0.2, -0.15) is 5.10 Å². The van der Waals surface area contributed by atoms with Crippen LogP contribution in [0.5, 0.6) is 0 Å². The Morgan fingerprint density at radius 3 is 2.90 bits per heavy atom. The number of hydrogen-bond donors (Lipinski definition) is 1. The Kier molecular flexibility index (Phi) is 5.68. The van der Waals surface area contributed by atoms with E-state index >= 15 is 0 Å². The van der Waals surface area contributed by atoms with Crippen LogP contribution in [0.15, 0.2) is 29.8 Å². The van der Waals surface area contributed by atoms with Crippen LogP contribution >= 0.6 is 22.7 Å². The number of amides is 1. The summed E-state index contributed by atoms with van der Waals surface area (Å²) >= 11 is 3.02. The van der Waals surface area contributed by atoms with Gasteiger partial charge in [-0.15, -0.1) is 21.5 Å². The fourth-order valence-corrected chi connectivity index (χ4v) is 4.49. The summed E-state index contributed by atoms with van der Waals surface area (Å²) in [4.78, 5) is 18.9. The zero-order chi connectivity index (χ0) is 20.4. The van der Waals surface area contributed by atoms with Crippen molar-refractivity contribution in [2.24, 2.45) is 0 Å². The van der Waals surface area contributed by atoms with E-state index in [2.05, 4.69) is 27.5 Å². The maximum atomic E-state index is 13.1. The van der Waals surface area contributed by atoms with Crippen LogP contribution in [0.4, 0.5) is 5.13 Å². The summed E-state index contributed by atoms with van der Waals surface area (Å²) < 4.78 is 1.84. The molecule has 0 radical (unpaired) electrons. The summed E-state index contributed by atoms with van der Waals surface area (Å²) in [6, 6.07) is 5.94. The molecule has 4 heterocycles. The van der Waals surface area contributed by atoms with Crippen molar-refractivity contribution in [3.05, 3.63) is 40.3 Å². The molecule has 0 spiro atoms. The molecular formula is C20H22N6OS2. The molecule has 0 aromatic carbocycles. The number of fused-ring (bicyclic) bond motifs is 1. The molecule has 0 saturated carbocycles. The maximum Gasteiger partial charge on any atom is 0.258 e. The third-order valence-corrected chi connectivity index (χ3v) is 6.30. The van der Waals surface area contributed by atoms with Gasteiger partial charge in [-0.1, -0.05) is 30.7 Å². The lowest BCUT2D eigenvalue weighted by Gasteiger charge is -2.09. The number of rotatable bonds is 7. The molecule has 0 unspecified atom stereocenters. The number of carbonyl (C=O) groups is 1. The van der Waals surface area contributed by atoms with Crippen molar-refractivity contribution in [1.82, 2.24) is 25.0 Å². The second kappa shape index (κ2) is 8.38. The van der Waals surface area contributed by atoms with E-state index in [0.29, 0.717) is 16.3 Å². The van der Waals surface area contributed by atoms with Gasteiger partial charge in [0.2, 0.25) is 5.13 Å². The van der Waals surface area contributed by atoms with Gasteiger partial charge in [-0.05, 0) is 37.8 Å². The second-order valence-electron chi connectivity index (χ2n) is 7.01. The van der Waals surface area contributed by atoms with Gasteiger partial charge in [0.25, 0.3) is 5.91 Å². The molecule has 0 aliphatic heterocycles. The Morgan fingerprint density at radius 2 is 2.17 bits per heavy atom. The molecule has 9 heteroatoms. The van der Waals surface area contributed by atoms with Crippen LogP contribution in [0.2, 0.25) is 0 Å². The predicted molar refractivity (Wildman–Crippen MR) is 118 cm³/mol. The van der Waals surface area contributed by atoms with E-state index in [-0.39, 0.29) is 11.9 Å². The van der Waals surface area contributed by atoms with E-state index in [0.717, 1.165) is 40.2 Å². The average Bonchev–Trinajstić information content (AvgIpc) is 3.45. The summed E-state index contributed by atoms with van der Waals surface area (Å²) in [6.45, 7) is 6.23. The molecule has 0 aliphatic carbocycles. The van der Waals surface area contributed by atoms with Crippen LogP contribution in [0.1, 0.15) is 55.0 Å². The number of nitrogens with zero attached hydrogens (tertiary/aromatic N) is 5. The Hall–Kier alpha value is -2.65. The standard InChI is InChI=1S/C20H22N6OS2/c1-4-5-8-17-24-25-20(29-17)23-19(27)13-10-15(16-7-6-9-28-16)22-18-14(13)11-21-26(18)12(2)3/h6-7,9-12H,4-5,8H2,1-3H3,(H,23,25,27). The molecule has 4 rings (SSSR count). The second-order valence-corrected chi connectivity index (χ2v) is 9.02. The smallest absolute Gasteiger partial charge is 0.258 e. The molecule has 4 aromatic rings. The number of thiophene rings is 1. The van der Waals surface area contributed by atoms with Crippen molar-refractivity contribution in [2.75, 3.05) is 5.32 Å². The summed E-state index contributed by atoms with van der Waals surface area (Å²) in [6.07, 6.45) is 4.75. The molecule has 0 fully saturated rings. The van der Waals surface area contributed by atoms with Crippen molar-refractivity contribution in [3.63, 3.8) is 0 Å². The number of hydrogen-bond acceptors (Lipinski definition) is 7. The Bertz CT molecular complexity index is 1130. The normalized spacial score (nSPS) is 11.4. The van der Waals surface area contributed by atoms with Gasteiger partial charge in [-0.3, -0.25) is 10.1 Å². The van der Waals surface area contributed by atoms with Gasteiger partial charge in [0.1, 0.15) is 5.01 Å². The molecule has 7 nitrogen and oxygen atoms in total. The van der Waals surface area contributed by atoms with Crippen molar-refractivity contribution >= 4 is 44.7 Å². The van der Waals surface area contributed by atoms with Crippen molar-refractivity contribution in [3.8, 4) is 10.6 Å². The zero-order valence-corrected chi connectivity index (χ0v) is 18.2. The topological polar surface area (TPSA) is 85.6 Å². The number of unbranched alkanes of at least 4 members (excludes halogenated alkanes) is 1. The van der Waals surface area contributed by atoms with Crippen LogP contribution in [0.3, 0.4) is 0 Å². The number of aryl methyl sites for hydroxylation is 1. The molecular weight excluding hydrogens is 404 g/mol. The first kappa shape index (κ1) is 19.7. The van der Waals surface area contributed by atoms with Gasteiger partial charge >= 0.3 is 0 Å². The molecule has 1 N–H and O–H groups in total. The highest BCUT2D eigenvalue weighted by atomic mass is 32.1. The lowest BCUT2D eigenvalue weighted by atomic mass is 10.1. The Balaban J connectivity index is 1.71. The molecule has 0 aliphatic rings. The van der Waals surface area contributed by atoms with Crippen LogP contribution in [0, 0.1) is 0 Å². The Labute approximate surface area is 176 Å². The fourth-order valence-electron chi connectivity index (χ4n) is 3.03. The van der Waals surface area contributed by atoms with Crippen molar-refractivity contribution < 1.29 is 4.79 Å². The highest BCUT2D eigenvalue weighted by molar-refractivity contribution is 7.15. The summed E-state index contributed by atoms with van der Waals surface area (Å²) in [7, 11) is 0. The molecule has 0 atom stereocenters. The monoisotopic (exact) mass is 426 g/mol. The molecule has 0 saturated heterocycles. The van der Waals surface area contributed by atoms with E-state index < -0.39 is 0 Å². The Morgan fingerprint density at radius 1 is 1.31 bits per heavy atom. The largest absolute Gasteiger partial charge is 0.296 e. The quantitative estimate of drug-likeness (QED) is 0.440. The van der Waals surface area contributed by atoms with Gasteiger partial charge < -0.3 is 0 Å². The predicted octanol–water partition coefficient (Wildman–Crippen LogP) is 5.19. The minimum atomic E-state index is -0.225. The zero-order valence-electron chi connectivity index (χ0n) is 16.5. The van der Waals surface area contributed by atoms with Crippen molar-refractivity contribution in [1.29, 1.82) is 0 Å². The van der Waals surface area contributed by atoms with Crippen LogP contribution in [-0.4, -0.2) is 30.9 Å². The van der Waals surface area contributed by atoms with Gasteiger partial charge in [0.15, 0.2) is 5.65 Å². The first-order chi connectivity index (χ1) is 14.1. The third kappa shape index (κ3) is 4.06.